The fraction of sp³-hybridized carbons (Fsp3) is 0.200. The van der Waals surface area contributed by atoms with Crippen LogP contribution in [0, 0.1) is 0 Å². The second-order valence-corrected chi connectivity index (χ2v) is 2.36. The summed E-state index contributed by atoms with van der Waals surface area (Å²) in [5, 5.41) is 0. The minimum absolute atomic E-state index is 1.32. The Labute approximate surface area is 62.3 Å². The number of hydrogen-bond donors (Lipinski definition) is 0. The monoisotopic (exact) mass is 132 g/mol. The highest BCUT2D eigenvalue weighted by atomic mass is 14.0. The quantitative estimate of drug-likeness (QED) is 0.514. The van der Waals surface area contributed by atoms with Crippen molar-refractivity contribution in [2.75, 3.05) is 0 Å². The van der Waals surface area contributed by atoms with Crippen molar-refractivity contribution in [3.63, 3.8) is 0 Å². The molecule has 0 amide bonds. The third kappa shape index (κ3) is 1.47. The minimum atomic E-state index is 1.32. The second-order valence-electron chi connectivity index (χ2n) is 2.36. The molecule has 0 fully saturated rings. The molecule has 0 aromatic heterocycles. The van der Waals surface area contributed by atoms with E-state index in [9.17, 15) is 0 Å². The van der Waals surface area contributed by atoms with Gasteiger partial charge in [-0.3, -0.25) is 0 Å². The van der Waals surface area contributed by atoms with E-state index in [-0.39, 0.29) is 0 Å². The van der Waals surface area contributed by atoms with Gasteiger partial charge in [-0.1, -0.05) is 36.5 Å². The lowest BCUT2D eigenvalue weighted by atomic mass is 10.1. The van der Waals surface area contributed by atoms with Gasteiger partial charge in [-0.25, -0.2) is 0 Å². The summed E-state index contributed by atoms with van der Waals surface area (Å²) >= 11 is 0. The fourth-order valence-corrected chi connectivity index (χ4v) is 0.983. The SMILES string of the molecule is C/C=C\C(C)=C1C=CC=C1. The van der Waals surface area contributed by atoms with Crippen molar-refractivity contribution in [1.29, 1.82) is 0 Å². The molecule has 0 aromatic rings. The first-order chi connectivity index (χ1) is 4.84. The Kier molecular flexibility index (Phi) is 2.27. The molecule has 52 valence electrons. The molecular formula is C10H12. The maximum absolute atomic E-state index is 2.12. The molecule has 0 heteroatoms. The molecule has 0 aromatic carbocycles. The van der Waals surface area contributed by atoms with E-state index in [1.165, 1.54) is 11.1 Å². The largest absolute Gasteiger partial charge is 0.0874 e. The van der Waals surface area contributed by atoms with Crippen molar-refractivity contribution in [1.82, 2.24) is 0 Å². The predicted octanol–water partition coefficient (Wildman–Crippen LogP) is 3.01. The summed E-state index contributed by atoms with van der Waals surface area (Å²) in [5.74, 6) is 0. The summed E-state index contributed by atoms with van der Waals surface area (Å²) < 4.78 is 0. The van der Waals surface area contributed by atoms with Crippen LogP contribution >= 0.6 is 0 Å². The molecule has 1 aliphatic carbocycles. The summed E-state index contributed by atoms with van der Waals surface area (Å²) in [6, 6.07) is 0. The van der Waals surface area contributed by atoms with Gasteiger partial charge in [0.25, 0.3) is 0 Å². The van der Waals surface area contributed by atoms with Crippen LogP contribution in [-0.2, 0) is 0 Å². The van der Waals surface area contributed by atoms with Gasteiger partial charge in [-0.05, 0) is 25.0 Å². The molecule has 1 rings (SSSR count). The molecule has 0 nitrogen and oxygen atoms in total. The van der Waals surface area contributed by atoms with Crippen molar-refractivity contribution >= 4 is 0 Å². The van der Waals surface area contributed by atoms with E-state index in [1.54, 1.807) is 0 Å². The van der Waals surface area contributed by atoms with Crippen LogP contribution in [0.2, 0.25) is 0 Å². The molecule has 0 radical (unpaired) electrons. The van der Waals surface area contributed by atoms with Gasteiger partial charge in [0, 0.05) is 0 Å². The van der Waals surface area contributed by atoms with E-state index < -0.39 is 0 Å². The standard InChI is InChI=1S/C10H12/c1-3-6-9(2)10-7-4-5-8-10/h3-8H,1-2H3/b6-3-. The third-order valence-electron chi connectivity index (χ3n) is 1.53. The lowest BCUT2D eigenvalue weighted by Gasteiger charge is -1.93. The number of allylic oxidation sites excluding steroid dienone is 8. The molecule has 0 atom stereocenters. The molecule has 0 heterocycles. The van der Waals surface area contributed by atoms with Crippen molar-refractivity contribution < 1.29 is 0 Å². The predicted molar refractivity (Wildman–Crippen MR) is 45.8 cm³/mol. The van der Waals surface area contributed by atoms with Crippen LogP contribution in [0.5, 0.6) is 0 Å². The molecule has 0 bridgehead atoms. The molecule has 0 saturated carbocycles. The summed E-state index contributed by atoms with van der Waals surface area (Å²) in [6.45, 7) is 4.15. The first-order valence-corrected chi connectivity index (χ1v) is 3.53. The lowest BCUT2D eigenvalue weighted by molar-refractivity contribution is 1.45. The average Bonchev–Trinajstić information content (AvgIpc) is 2.38. The van der Waals surface area contributed by atoms with Gasteiger partial charge in [-0.15, -0.1) is 0 Å². The Morgan fingerprint density at radius 2 is 1.90 bits per heavy atom. The van der Waals surface area contributed by atoms with Crippen molar-refractivity contribution in [3.05, 3.63) is 47.6 Å². The van der Waals surface area contributed by atoms with E-state index in [1.807, 2.05) is 6.92 Å². The Balaban J connectivity index is 2.85. The maximum Gasteiger partial charge on any atom is -0.0227 e. The molecule has 0 saturated heterocycles. The second kappa shape index (κ2) is 3.21. The highest BCUT2D eigenvalue weighted by molar-refractivity contribution is 5.45. The number of hydrogen-bond acceptors (Lipinski definition) is 0. The molecule has 0 N–H and O–H groups in total. The van der Waals surface area contributed by atoms with E-state index in [0.717, 1.165) is 0 Å². The van der Waals surface area contributed by atoms with E-state index in [4.69, 9.17) is 0 Å². The summed E-state index contributed by atoms with van der Waals surface area (Å²) in [5.41, 5.74) is 2.64. The Bertz CT molecular complexity index is 210. The zero-order valence-electron chi connectivity index (χ0n) is 6.46. The van der Waals surface area contributed by atoms with Crippen molar-refractivity contribution in [2.45, 2.75) is 13.8 Å². The molecule has 1 aliphatic rings. The van der Waals surface area contributed by atoms with Gasteiger partial charge < -0.3 is 0 Å². The van der Waals surface area contributed by atoms with Crippen molar-refractivity contribution in [3.8, 4) is 0 Å². The first-order valence-electron chi connectivity index (χ1n) is 3.53. The van der Waals surface area contributed by atoms with E-state index >= 15 is 0 Å². The van der Waals surface area contributed by atoms with Crippen LogP contribution in [0.3, 0.4) is 0 Å². The molecule has 0 aliphatic heterocycles. The summed E-state index contributed by atoms with van der Waals surface area (Å²) in [4.78, 5) is 0. The first kappa shape index (κ1) is 7.07. The maximum atomic E-state index is 2.12. The van der Waals surface area contributed by atoms with Crippen LogP contribution < -0.4 is 0 Å². The van der Waals surface area contributed by atoms with Gasteiger partial charge in [0.15, 0.2) is 0 Å². The Morgan fingerprint density at radius 1 is 1.30 bits per heavy atom. The van der Waals surface area contributed by atoms with E-state index in [0.29, 0.717) is 0 Å². The van der Waals surface area contributed by atoms with Crippen LogP contribution in [0.25, 0.3) is 0 Å². The van der Waals surface area contributed by atoms with Gasteiger partial charge in [0.2, 0.25) is 0 Å². The Hall–Kier alpha value is -1.04. The van der Waals surface area contributed by atoms with E-state index in [2.05, 4.69) is 43.4 Å². The minimum Gasteiger partial charge on any atom is -0.0874 e. The van der Waals surface area contributed by atoms with Crippen LogP contribution in [0.15, 0.2) is 47.6 Å². The zero-order valence-corrected chi connectivity index (χ0v) is 6.46. The highest BCUT2D eigenvalue weighted by Gasteiger charge is 1.93. The molecular weight excluding hydrogens is 120 g/mol. The summed E-state index contributed by atoms with van der Waals surface area (Å²) in [6.07, 6.45) is 12.5. The fourth-order valence-electron chi connectivity index (χ4n) is 0.983. The Morgan fingerprint density at radius 3 is 2.40 bits per heavy atom. The zero-order chi connectivity index (χ0) is 7.40. The van der Waals surface area contributed by atoms with Gasteiger partial charge in [0.1, 0.15) is 0 Å². The molecule has 10 heavy (non-hydrogen) atoms. The molecule has 0 spiro atoms. The topological polar surface area (TPSA) is 0 Å². The van der Waals surface area contributed by atoms with Gasteiger partial charge in [-0.2, -0.15) is 0 Å². The molecule has 0 unspecified atom stereocenters. The highest BCUT2D eigenvalue weighted by Crippen LogP contribution is 2.13. The van der Waals surface area contributed by atoms with Crippen LogP contribution in [-0.4, -0.2) is 0 Å². The average molecular weight is 132 g/mol. The van der Waals surface area contributed by atoms with Gasteiger partial charge in [0.05, 0.1) is 0 Å². The summed E-state index contributed by atoms with van der Waals surface area (Å²) in [7, 11) is 0. The van der Waals surface area contributed by atoms with Crippen LogP contribution in [0.4, 0.5) is 0 Å². The van der Waals surface area contributed by atoms with Crippen LogP contribution in [0.1, 0.15) is 13.8 Å². The normalized spacial score (nSPS) is 15.6. The third-order valence-corrected chi connectivity index (χ3v) is 1.53. The van der Waals surface area contributed by atoms with Gasteiger partial charge >= 0.3 is 0 Å². The number of rotatable bonds is 1. The van der Waals surface area contributed by atoms with Crippen molar-refractivity contribution in [2.24, 2.45) is 0 Å². The lowest BCUT2D eigenvalue weighted by Crippen LogP contribution is -1.73. The smallest absolute Gasteiger partial charge is 0.0227 e.